The first-order valence-corrected chi connectivity index (χ1v) is 5.87. The van der Waals surface area contributed by atoms with E-state index < -0.39 is 17.6 Å². The van der Waals surface area contributed by atoms with Crippen LogP contribution >= 0.6 is 0 Å². The first-order valence-electron chi connectivity index (χ1n) is 5.87. The fourth-order valence-corrected chi connectivity index (χ4v) is 2.02. The number of nitrogens with zero attached hydrogens (tertiary/aromatic N) is 1. The lowest BCUT2D eigenvalue weighted by molar-refractivity contribution is -0.134. The van der Waals surface area contributed by atoms with Gasteiger partial charge in [0.05, 0.1) is 18.1 Å². The van der Waals surface area contributed by atoms with Crippen molar-refractivity contribution in [1.29, 1.82) is 0 Å². The Labute approximate surface area is 101 Å². The fourth-order valence-electron chi connectivity index (χ4n) is 2.02. The van der Waals surface area contributed by atoms with Gasteiger partial charge in [0.2, 0.25) is 11.8 Å². The normalized spacial score (nSPS) is 27.4. The molecule has 0 aromatic carbocycles. The van der Waals surface area contributed by atoms with Gasteiger partial charge in [0, 0.05) is 13.1 Å². The van der Waals surface area contributed by atoms with Gasteiger partial charge in [-0.25, -0.2) is 0 Å². The number of nitrogens with two attached hydrogens (primary N) is 2. The Balaban J connectivity index is 2.55. The van der Waals surface area contributed by atoms with Crippen molar-refractivity contribution in [2.75, 3.05) is 13.1 Å². The van der Waals surface area contributed by atoms with Gasteiger partial charge < -0.3 is 21.5 Å². The first-order chi connectivity index (χ1) is 7.82. The number of likely N-dealkylation sites (tertiary alicyclic amines) is 1. The first kappa shape index (κ1) is 13.9. The summed E-state index contributed by atoms with van der Waals surface area (Å²) in [5, 5.41) is 9.89. The van der Waals surface area contributed by atoms with Crippen molar-refractivity contribution >= 4 is 11.8 Å². The molecule has 1 aliphatic heterocycles. The summed E-state index contributed by atoms with van der Waals surface area (Å²) in [7, 11) is 0. The Morgan fingerprint density at radius 2 is 2.06 bits per heavy atom. The highest BCUT2D eigenvalue weighted by atomic mass is 16.3. The second-order valence-electron chi connectivity index (χ2n) is 4.95. The number of hydrogen-bond acceptors (Lipinski definition) is 4. The Kier molecular flexibility index (Phi) is 4.47. The minimum Gasteiger partial charge on any atom is -0.390 e. The molecule has 2 atom stereocenters. The lowest BCUT2D eigenvalue weighted by atomic mass is 9.98. The third-order valence-corrected chi connectivity index (χ3v) is 3.11. The molecule has 0 saturated carbocycles. The van der Waals surface area contributed by atoms with Crippen molar-refractivity contribution < 1.29 is 14.7 Å². The Hall–Kier alpha value is -1.14. The van der Waals surface area contributed by atoms with Gasteiger partial charge in [0.25, 0.3) is 0 Å². The number of carbonyl (C=O) groups excluding carboxylic acids is 2. The molecule has 1 saturated heterocycles. The molecule has 98 valence electrons. The molecule has 1 heterocycles. The molecular formula is C11H21N3O3. The van der Waals surface area contributed by atoms with Gasteiger partial charge in [0.1, 0.15) is 0 Å². The molecule has 0 bridgehead atoms. The maximum atomic E-state index is 11.9. The maximum absolute atomic E-state index is 11.9. The van der Waals surface area contributed by atoms with Crippen molar-refractivity contribution in [2.45, 2.75) is 44.2 Å². The SMILES string of the molecule is CC1(O)CCCN(C(=O)C(N)CC(N)=O)CC1. The molecule has 1 aliphatic rings. The van der Waals surface area contributed by atoms with Crippen LogP contribution in [0.4, 0.5) is 0 Å². The molecular weight excluding hydrogens is 222 g/mol. The van der Waals surface area contributed by atoms with Gasteiger partial charge in [0.15, 0.2) is 0 Å². The standard InChI is InChI=1S/C11H21N3O3/c1-11(17)3-2-5-14(6-4-11)10(16)8(12)7-9(13)15/h8,17H,2-7,12H2,1H3,(H2,13,15). The van der Waals surface area contributed by atoms with Gasteiger partial charge in [-0.1, -0.05) is 0 Å². The van der Waals surface area contributed by atoms with Crippen LogP contribution in [-0.4, -0.2) is 46.6 Å². The van der Waals surface area contributed by atoms with Crippen molar-refractivity contribution in [2.24, 2.45) is 11.5 Å². The molecule has 1 rings (SSSR count). The van der Waals surface area contributed by atoms with Crippen LogP contribution in [0.3, 0.4) is 0 Å². The van der Waals surface area contributed by atoms with Crippen LogP contribution in [0.2, 0.25) is 0 Å². The van der Waals surface area contributed by atoms with E-state index in [0.717, 1.165) is 6.42 Å². The van der Waals surface area contributed by atoms with Crippen LogP contribution in [0.5, 0.6) is 0 Å². The zero-order chi connectivity index (χ0) is 13.1. The van der Waals surface area contributed by atoms with Crippen molar-refractivity contribution in [3.63, 3.8) is 0 Å². The van der Waals surface area contributed by atoms with Crippen molar-refractivity contribution in [3.05, 3.63) is 0 Å². The highest BCUT2D eigenvalue weighted by Crippen LogP contribution is 2.21. The summed E-state index contributed by atoms with van der Waals surface area (Å²) >= 11 is 0. The third kappa shape index (κ3) is 4.32. The van der Waals surface area contributed by atoms with E-state index in [1.165, 1.54) is 0 Å². The highest BCUT2D eigenvalue weighted by Gasteiger charge is 2.29. The number of rotatable bonds is 3. The van der Waals surface area contributed by atoms with Crippen LogP contribution in [0, 0.1) is 0 Å². The number of aliphatic hydroxyl groups is 1. The van der Waals surface area contributed by atoms with E-state index in [1.54, 1.807) is 11.8 Å². The average Bonchev–Trinajstić information content (AvgIpc) is 2.37. The third-order valence-electron chi connectivity index (χ3n) is 3.11. The largest absolute Gasteiger partial charge is 0.390 e. The zero-order valence-electron chi connectivity index (χ0n) is 10.2. The molecule has 0 radical (unpaired) electrons. The lowest BCUT2D eigenvalue weighted by Crippen LogP contribution is -2.46. The Bertz CT molecular complexity index is 304. The lowest BCUT2D eigenvalue weighted by Gasteiger charge is -2.24. The van der Waals surface area contributed by atoms with Crippen LogP contribution in [0.25, 0.3) is 0 Å². The molecule has 0 aliphatic carbocycles. The zero-order valence-corrected chi connectivity index (χ0v) is 10.2. The summed E-state index contributed by atoms with van der Waals surface area (Å²) in [4.78, 5) is 24.2. The molecule has 0 spiro atoms. The van der Waals surface area contributed by atoms with Crippen LogP contribution < -0.4 is 11.5 Å². The Morgan fingerprint density at radius 3 is 2.65 bits per heavy atom. The molecule has 2 amide bonds. The second-order valence-corrected chi connectivity index (χ2v) is 4.95. The van der Waals surface area contributed by atoms with Gasteiger partial charge in [-0.15, -0.1) is 0 Å². The maximum Gasteiger partial charge on any atom is 0.240 e. The van der Waals surface area contributed by atoms with E-state index in [9.17, 15) is 14.7 Å². The van der Waals surface area contributed by atoms with Crippen LogP contribution in [-0.2, 0) is 9.59 Å². The molecule has 1 fully saturated rings. The van der Waals surface area contributed by atoms with Gasteiger partial charge in [-0.2, -0.15) is 0 Å². The van der Waals surface area contributed by atoms with Crippen LogP contribution in [0.15, 0.2) is 0 Å². The van der Waals surface area contributed by atoms with E-state index in [4.69, 9.17) is 11.5 Å². The minimum atomic E-state index is -0.865. The van der Waals surface area contributed by atoms with E-state index in [2.05, 4.69) is 0 Å². The monoisotopic (exact) mass is 243 g/mol. The molecule has 0 aromatic heterocycles. The van der Waals surface area contributed by atoms with E-state index in [-0.39, 0.29) is 12.3 Å². The van der Waals surface area contributed by atoms with E-state index >= 15 is 0 Å². The quantitative estimate of drug-likeness (QED) is 0.587. The molecule has 2 unspecified atom stereocenters. The van der Waals surface area contributed by atoms with Gasteiger partial charge in [-0.05, 0) is 26.2 Å². The number of amides is 2. The molecule has 17 heavy (non-hydrogen) atoms. The van der Waals surface area contributed by atoms with Gasteiger partial charge in [-0.3, -0.25) is 9.59 Å². The number of hydrogen-bond donors (Lipinski definition) is 3. The van der Waals surface area contributed by atoms with E-state index in [0.29, 0.717) is 25.9 Å². The average molecular weight is 243 g/mol. The summed E-state index contributed by atoms with van der Waals surface area (Å²) in [6, 6.07) is -0.865. The van der Waals surface area contributed by atoms with Crippen molar-refractivity contribution in [1.82, 2.24) is 4.90 Å². The van der Waals surface area contributed by atoms with E-state index in [1.807, 2.05) is 0 Å². The Morgan fingerprint density at radius 1 is 1.41 bits per heavy atom. The number of primary amides is 1. The van der Waals surface area contributed by atoms with Gasteiger partial charge >= 0.3 is 0 Å². The summed E-state index contributed by atoms with van der Waals surface area (Å²) in [5.74, 6) is -0.839. The smallest absolute Gasteiger partial charge is 0.240 e. The summed E-state index contributed by atoms with van der Waals surface area (Å²) in [5.41, 5.74) is 9.90. The highest BCUT2D eigenvalue weighted by molar-refractivity contribution is 5.87. The number of carbonyl (C=O) groups is 2. The summed E-state index contributed by atoms with van der Waals surface area (Å²) < 4.78 is 0. The second kappa shape index (κ2) is 5.46. The fraction of sp³-hybridized carbons (Fsp3) is 0.818. The summed E-state index contributed by atoms with van der Waals surface area (Å²) in [6.45, 7) is 2.81. The van der Waals surface area contributed by atoms with Crippen molar-refractivity contribution in [3.8, 4) is 0 Å². The molecule has 6 nitrogen and oxygen atoms in total. The molecule has 0 aromatic rings. The molecule has 5 N–H and O–H groups in total. The predicted molar refractivity (Wildman–Crippen MR) is 62.8 cm³/mol. The van der Waals surface area contributed by atoms with Crippen LogP contribution in [0.1, 0.15) is 32.6 Å². The predicted octanol–water partition coefficient (Wildman–Crippen LogP) is -1.05. The summed E-state index contributed by atoms with van der Waals surface area (Å²) in [6.07, 6.45) is 1.80. The molecule has 6 heteroatoms. The minimum absolute atomic E-state index is 0.133. The topological polar surface area (TPSA) is 110 Å².